The van der Waals surface area contributed by atoms with Crippen molar-refractivity contribution in [3.05, 3.63) is 76.3 Å². The number of carbonyl (C=O) groups excluding carboxylic acids is 4. The molecule has 2 aromatic carbocycles. The lowest BCUT2D eigenvalue weighted by atomic mass is 9.92. The molecular formula is C43H59ClN2O8S2. The van der Waals surface area contributed by atoms with Gasteiger partial charge in [0.25, 0.3) is 0 Å². The predicted octanol–water partition coefficient (Wildman–Crippen LogP) is 8.24. The first kappa shape index (κ1) is 45.5. The average molecular weight is 832 g/mol. The minimum atomic E-state index is -1.21. The molecule has 2 amide bonds. The molecular weight excluding hydrogens is 772 g/mol. The number of aryl methyl sites for hydroxylation is 1. The second kappa shape index (κ2) is 20.5. The summed E-state index contributed by atoms with van der Waals surface area (Å²) in [5.74, 6) is -2.08. The second-order valence-corrected chi connectivity index (χ2v) is 20.0. The molecule has 0 unspecified atom stereocenters. The highest BCUT2D eigenvalue weighted by molar-refractivity contribution is 8.76. The number of rotatable bonds is 14. The van der Waals surface area contributed by atoms with E-state index >= 15 is 0 Å². The van der Waals surface area contributed by atoms with Crippen molar-refractivity contribution < 1.29 is 38.1 Å². The van der Waals surface area contributed by atoms with Crippen LogP contribution >= 0.6 is 33.2 Å². The minimum Gasteiger partial charge on any atom is -0.495 e. The number of halogens is 1. The maximum atomic E-state index is 13.8. The Hall–Kier alpha value is -3.19. The summed E-state index contributed by atoms with van der Waals surface area (Å²) < 4.78 is 23.7. The molecule has 0 radical (unpaired) electrons. The third-order valence-corrected chi connectivity index (χ3v) is 13.1. The van der Waals surface area contributed by atoms with Gasteiger partial charge in [-0.05, 0) is 100 Å². The maximum Gasteiger partial charge on any atom is 0.347 e. The van der Waals surface area contributed by atoms with Crippen LogP contribution < -0.4 is 15.4 Å². The van der Waals surface area contributed by atoms with E-state index in [2.05, 4.69) is 55.0 Å². The van der Waals surface area contributed by atoms with Crippen LogP contribution in [0.1, 0.15) is 96.9 Å². The van der Waals surface area contributed by atoms with Gasteiger partial charge in [0.1, 0.15) is 24.0 Å². The van der Waals surface area contributed by atoms with Crippen molar-refractivity contribution >= 4 is 56.9 Å². The quantitative estimate of drug-likeness (QED) is 0.109. The molecule has 13 heteroatoms. The normalized spacial score (nSPS) is 24.7. The summed E-state index contributed by atoms with van der Waals surface area (Å²) in [5, 5.41) is 5.96. The Bertz CT molecular complexity index is 1700. The molecule has 308 valence electrons. The minimum absolute atomic E-state index is 0.0141. The van der Waals surface area contributed by atoms with Gasteiger partial charge in [-0.2, -0.15) is 0 Å². The van der Waals surface area contributed by atoms with Crippen LogP contribution in [-0.2, 0) is 46.2 Å². The van der Waals surface area contributed by atoms with Crippen LogP contribution in [0.25, 0.3) is 0 Å². The topological polar surface area (TPSA) is 133 Å². The molecule has 1 fully saturated rings. The molecule has 2 aliphatic rings. The Morgan fingerprint density at radius 3 is 2.36 bits per heavy atom. The van der Waals surface area contributed by atoms with Crippen molar-refractivity contribution in [2.24, 2.45) is 17.3 Å². The van der Waals surface area contributed by atoms with Gasteiger partial charge in [0.2, 0.25) is 11.8 Å². The van der Waals surface area contributed by atoms with E-state index in [0.29, 0.717) is 16.3 Å². The van der Waals surface area contributed by atoms with Crippen LogP contribution in [0.5, 0.6) is 5.75 Å². The molecule has 2 heterocycles. The lowest BCUT2D eigenvalue weighted by Gasteiger charge is -2.29. The Labute approximate surface area is 345 Å². The van der Waals surface area contributed by atoms with E-state index < -0.39 is 47.4 Å². The van der Waals surface area contributed by atoms with Crippen molar-refractivity contribution in [2.75, 3.05) is 19.9 Å². The van der Waals surface area contributed by atoms with Gasteiger partial charge in [0.15, 0.2) is 6.10 Å². The van der Waals surface area contributed by atoms with Gasteiger partial charge in [0, 0.05) is 30.1 Å². The number of ether oxygens (including phenoxy) is 4. The van der Waals surface area contributed by atoms with Gasteiger partial charge in [-0.15, -0.1) is 0 Å². The highest BCUT2D eigenvalue weighted by Gasteiger charge is 2.48. The number of hydrogen-bond acceptors (Lipinski definition) is 10. The van der Waals surface area contributed by atoms with Crippen molar-refractivity contribution in [1.82, 2.24) is 10.6 Å². The molecule has 0 saturated carbocycles. The first-order chi connectivity index (χ1) is 26.4. The maximum absolute atomic E-state index is 13.8. The summed E-state index contributed by atoms with van der Waals surface area (Å²) >= 11 is 6.36. The molecule has 0 spiro atoms. The summed E-state index contributed by atoms with van der Waals surface area (Å²) in [5.41, 5.74) is 1.82. The van der Waals surface area contributed by atoms with Gasteiger partial charge >= 0.3 is 11.9 Å². The predicted molar refractivity (Wildman–Crippen MR) is 225 cm³/mol. The summed E-state index contributed by atoms with van der Waals surface area (Å²) in [6, 6.07) is 12.7. The van der Waals surface area contributed by atoms with Crippen LogP contribution in [0.4, 0.5) is 0 Å². The fraction of sp³-hybridized carbons (Fsp3) is 0.581. The summed E-state index contributed by atoms with van der Waals surface area (Å²) in [6.07, 6.45) is 6.65. The largest absolute Gasteiger partial charge is 0.495 e. The number of epoxide rings is 1. The molecule has 0 aliphatic carbocycles. The smallest absolute Gasteiger partial charge is 0.347 e. The number of esters is 2. The average Bonchev–Trinajstić information content (AvgIpc) is 3.93. The van der Waals surface area contributed by atoms with E-state index in [9.17, 15) is 19.2 Å². The van der Waals surface area contributed by atoms with Gasteiger partial charge < -0.3 is 29.6 Å². The zero-order valence-corrected chi connectivity index (χ0v) is 36.5. The Morgan fingerprint density at radius 1 is 1.02 bits per heavy atom. The molecule has 56 heavy (non-hydrogen) atoms. The number of methoxy groups -OCH3 is 1. The zero-order chi connectivity index (χ0) is 41.2. The first-order valence-electron chi connectivity index (χ1n) is 19.4. The van der Waals surface area contributed by atoms with Gasteiger partial charge in [-0.1, -0.05) is 90.4 Å². The molecule has 0 bridgehead atoms. The number of nitrogens with one attached hydrogen (secondary N) is 2. The third kappa shape index (κ3) is 13.5. The molecule has 0 aromatic heterocycles. The highest BCUT2D eigenvalue weighted by atomic mass is 35.5. The fourth-order valence-electron chi connectivity index (χ4n) is 6.68. The molecule has 1 saturated heterocycles. The van der Waals surface area contributed by atoms with Crippen molar-refractivity contribution in [1.29, 1.82) is 0 Å². The Morgan fingerprint density at radius 2 is 1.71 bits per heavy atom. The van der Waals surface area contributed by atoms with Crippen molar-refractivity contribution in [3.63, 3.8) is 0 Å². The molecule has 6 atom stereocenters. The van der Waals surface area contributed by atoms with E-state index in [1.165, 1.54) is 18.7 Å². The number of benzene rings is 2. The zero-order valence-electron chi connectivity index (χ0n) is 34.1. The lowest BCUT2D eigenvalue weighted by molar-refractivity contribution is -0.179. The van der Waals surface area contributed by atoms with E-state index in [-0.39, 0.29) is 54.6 Å². The molecule has 2 aromatic rings. The van der Waals surface area contributed by atoms with Gasteiger partial charge in [-0.25, -0.2) is 4.79 Å². The third-order valence-electron chi connectivity index (χ3n) is 10.1. The second-order valence-electron chi connectivity index (χ2n) is 16.5. The summed E-state index contributed by atoms with van der Waals surface area (Å²) in [7, 11) is 5.23. The molecule has 2 N–H and O–H groups in total. The van der Waals surface area contributed by atoms with Gasteiger partial charge in [0.05, 0.1) is 23.7 Å². The van der Waals surface area contributed by atoms with Crippen molar-refractivity contribution in [3.8, 4) is 5.75 Å². The fourth-order valence-corrected chi connectivity index (χ4v) is 9.24. The van der Waals surface area contributed by atoms with E-state index in [1.54, 1.807) is 48.9 Å². The molecule has 2 aliphatic heterocycles. The van der Waals surface area contributed by atoms with E-state index in [1.807, 2.05) is 31.6 Å². The van der Waals surface area contributed by atoms with Crippen LogP contribution in [0, 0.1) is 17.3 Å². The van der Waals surface area contributed by atoms with Crippen LogP contribution in [-0.4, -0.2) is 72.8 Å². The Balaban J connectivity index is 1.53. The number of cyclic esters (lactones) is 2. The van der Waals surface area contributed by atoms with Crippen molar-refractivity contribution in [2.45, 2.75) is 122 Å². The molecule has 10 nitrogen and oxygen atoms in total. The highest BCUT2D eigenvalue weighted by Crippen LogP contribution is 2.45. The molecule has 4 rings (SSSR count). The summed E-state index contributed by atoms with van der Waals surface area (Å²) in [6.45, 7) is 13.6. The lowest BCUT2D eigenvalue weighted by Crippen LogP contribution is -2.51. The van der Waals surface area contributed by atoms with E-state index in [0.717, 1.165) is 24.8 Å². The number of carbonyl (C=O) groups is 4. The number of hydrogen-bond donors (Lipinski definition) is 2. The first-order valence-corrected chi connectivity index (χ1v) is 22.3. The van der Waals surface area contributed by atoms with Crippen LogP contribution in [0.3, 0.4) is 0 Å². The van der Waals surface area contributed by atoms with Crippen LogP contribution in [0.2, 0.25) is 5.02 Å². The monoisotopic (exact) mass is 830 g/mol. The van der Waals surface area contributed by atoms with Crippen LogP contribution in [0.15, 0.2) is 54.6 Å². The Kier molecular flexibility index (Phi) is 16.6. The summed E-state index contributed by atoms with van der Waals surface area (Å²) in [4.78, 5) is 54.2. The van der Waals surface area contributed by atoms with Gasteiger partial charge in [-0.3, -0.25) is 14.4 Å². The van der Waals surface area contributed by atoms with E-state index in [4.69, 9.17) is 30.5 Å². The number of amides is 2. The SMILES string of the molecule is COc1ccc(C[C@H]2NC(=O)/C=C/C[C@@H]([C@H](C)[C@H]3O[C@@H]3c3ccc(CCCC(C)(C)SSC)cc3)OC(=O)[C@H](CC(C)C)OC(=O)C(C)(C)CNC2=O)cc1Cl. The standard InChI is InChI=1S/C43H59ClN2O8S2/c1-26(2)22-35-40(49)52-33(27(3)37-38(54-37)30-18-15-28(16-19-30)12-11-21-43(6,7)56-55-9)13-10-14-36(47)46-32(24-29-17-20-34(51-8)31(44)23-29)39(48)45-25-42(4,5)41(50)53-35/h10,14-20,23,26-27,32-33,35,37-38H,11-13,21-22,24-25H2,1-9H3,(H,45,48)(H,46,47)/b14-10+/t27-,32+,33-,35-,37+,38+/m0/s1.